The smallest absolute Gasteiger partial charge is 0.460 e. The van der Waals surface area contributed by atoms with E-state index in [1.807, 2.05) is 6.07 Å². The standard InChI is InChI=1S/C17H11BrO6/c1-21-17(20)23-10-6-7-11-14(8-10)22-9-15(16(11)19)24-13-5-3-2-4-12(13)18/h2-9H,1H3. The molecule has 0 amide bonds. The molecule has 7 heteroatoms. The normalized spacial score (nSPS) is 10.4. The zero-order chi connectivity index (χ0) is 17.1. The van der Waals surface area contributed by atoms with Gasteiger partial charge in [0.05, 0.1) is 17.0 Å². The van der Waals surface area contributed by atoms with Crippen molar-refractivity contribution in [3.05, 3.63) is 63.4 Å². The van der Waals surface area contributed by atoms with Gasteiger partial charge < -0.3 is 18.6 Å². The molecule has 0 saturated carbocycles. The van der Waals surface area contributed by atoms with E-state index in [-0.39, 0.29) is 22.5 Å². The van der Waals surface area contributed by atoms with Crippen LogP contribution >= 0.6 is 15.9 Å². The van der Waals surface area contributed by atoms with Gasteiger partial charge in [0.15, 0.2) is 0 Å². The minimum atomic E-state index is -0.856. The van der Waals surface area contributed by atoms with Crippen molar-refractivity contribution >= 4 is 33.1 Å². The summed E-state index contributed by atoms with van der Waals surface area (Å²) in [5.41, 5.74) is -0.0718. The molecule has 0 radical (unpaired) electrons. The summed E-state index contributed by atoms with van der Waals surface area (Å²) in [6.07, 6.45) is 0.358. The maximum absolute atomic E-state index is 12.5. The van der Waals surface area contributed by atoms with Gasteiger partial charge in [-0.05, 0) is 40.2 Å². The van der Waals surface area contributed by atoms with Gasteiger partial charge in [-0.25, -0.2) is 4.79 Å². The van der Waals surface area contributed by atoms with E-state index < -0.39 is 6.16 Å². The van der Waals surface area contributed by atoms with Crippen LogP contribution in [-0.4, -0.2) is 13.3 Å². The molecule has 0 saturated heterocycles. The molecule has 0 aliphatic rings. The number of carbonyl (C=O) groups excluding carboxylic acids is 1. The van der Waals surface area contributed by atoms with Gasteiger partial charge in [0.1, 0.15) is 23.3 Å². The molecule has 3 rings (SSSR count). The van der Waals surface area contributed by atoms with Crippen LogP contribution in [0, 0.1) is 0 Å². The highest BCUT2D eigenvalue weighted by atomic mass is 79.9. The van der Waals surface area contributed by atoms with Gasteiger partial charge in [-0.15, -0.1) is 0 Å². The molecule has 0 spiro atoms. The van der Waals surface area contributed by atoms with Crippen LogP contribution in [0.1, 0.15) is 0 Å². The van der Waals surface area contributed by atoms with E-state index in [1.165, 1.54) is 31.6 Å². The van der Waals surface area contributed by atoms with E-state index in [4.69, 9.17) is 13.9 Å². The van der Waals surface area contributed by atoms with E-state index in [1.54, 1.807) is 18.2 Å². The number of hydrogen-bond acceptors (Lipinski definition) is 6. The highest BCUT2D eigenvalue weighted by Crippen LogP contribution is 2.29. The number of hydrogen-bond donors (Lipinski definition) is 0. The first-order chi connectivity index (χ1) is 11.6. The lowest BCUT2D eigenvalue weighted by Crippen LogP contribution is -2.08. The number of para-hydroxylation sites is 1. The van der Waals surface area contributed by atoms with Crippen LogP contribution < -0.4 is 14.9 Å². The molecule has 2 aromatic carbocycles. The van der Waals surface area contributed by atoms with Crippen molar-refractivity contribution < 1.29 is 23.4 Å². The fourth-order valence-electron chi connectivity index (χ4n) is 2.01. The maximum atomic E-state index is 12.5. The molecule has 0 aliphatic heterocycles. The zero-order valence-corrected chi connectivity index (χ0v) is 14.0. The zero-order valence-electron chi connectivity index (χ0n) is 12.4. The van der Waals surface area contributed by atoms with Crippen molar-refractivity contribution in [1.29, 1.82) is 0 Å². The molecule has 1 aromatic heterocycles. The fraction of sp³-hybridized carbons (Fsp3) is 0.0588. The first-order valence-electron chi connectivity index (χ1n) is 6.82. The highest BCUT2D eigenvalue weighted by Gasteiger charge is 2.12. The quantitative estimate of drug-likeness (QED) is 0.484. The van der Waals surface area contributed by atoms with Gasteiger partial charge >= 0.3 is 6.16 Å². The Morgan fingerprint density at radius 2 is 1.92 bits per heavy atom. The van der Waals surface area contributed by atoms with Crippen LogP contribution in [0.2, 0.25) is 0 Å². The second kappa shape index (κ2) is 6.76. The Morgan fingerprint density at radius 3 is 2.67 bits per heavy atom. The Kier molecular flexibility index (Phi) is 4.52. The topological polar surface area (TPSA) is 75.0 Å². The second-order valence-corrected chi connectivity index (χ2v) is 5.53. The van der Waals surface area contributed by atoms with Crippen molar-refractivity contribution in [2.75, 3.05) is 7.11 Å². The molecule has 0 atom stereocenters. The molecule has 122 valence electrons. The SMILES string of the molecule is COC(=O)Oc1ccc2c(=O)c(Oc3ccccc3Br)coc2c1. The minimum absolute atomic E-state index is 0.0519. The average molecular weight is 391 g/mol. The molecular formula is C17H11BrO6. The monoisotopic (exact) mass is 390 g/mol. The van der Waals surface area contributed by atoms with Crippen molar-refractivity contribution in [1.82, 2.24) is 0 Å². The van der Waals surface area contributed by atoms with E-state index in [9.17, 15) is 9.59 Å². The van der Waals surface area contributed by atoms with Crippen LogP contribution in [0.15, 0.2) is 62.4 Å². The average Bonchev–Trinajstić information content (AvgIpc) is 2.59. The predicted molar refractivity (Wildman–Crippen MR) is 89.7 cm³/mol. The number of halogens is 1. The third-order valence-corrected chi connectivity index (χ3v) is 3.79. The van der Waals surface area contributed by atoms with Crippen LogP contribution in [0.5, 0.6) is 17.2 Å². The molecule has 24 heavy (non-hydrogen) atoms. The Hall–Kier alpha value is -2.80. The van der Waals surface area contributed by atoms with Gasteiger partial charge in [-0.3, -0.25) is 4.79 Å². The lowest BCUT2D eigenvalue weighted by Gasteiger charge is -2.08. The number of methoxy groups -OCH3 is 1. The number of carbonyl (C=O) groups is 1. The van der Waals surface area contributed by atoms with Crippen molar-refractivity contribution in [2.24, 2.45) is 0 Å². The van der Waals surface area contributed by atoms with Crippen LogP contribution in [0.4, 0.5) is 4.79 Å². The number of fused-ring (bicyclic) bond motifs is 1. The van der Waals surface area contributed by atoms with Crippen molar-refractivity contribution in [3.8, 4) is 17.2 Å². The largest absolute Gasteiger partial charge is 0.513 e. The van der Waals surface area contributed by atoms with Gasteiger partial charge in [-0.2, -0.15) is 0 Å². The lowest BCUT2D eigenvalue weighted by molar-refractivity contribution is 0.121. The third-order valence-electron chi connectivity index (χ3n) is 3.14. The summed E-state index contributed by atoms with van der Waals surface area (Å²) in [5.74, 6) is 0.753. The summed E-state index contributed by atoms with van der Waals surface area (Å²) in [6.45, 7) is 0. The number of ether oxygens (including phenoxy) is 3. The molecule has 6 nitrogen and oxygen atoms in total. The second-order valence-electron chi connectivity index (χ2n) is 4.68. The highest BCUT2D eigenvalue weighted by molar-refractivity contribution is 9.10. The Bertz CT molecular complexity index is 963. The summed E-state index contributed by atoms with van der Waals surface area (Å²) in [7, 11) is 1.20. The summed E-state index contributed by atoms with van der Waals surface area (Å²) >= 11 is 3.35. The fourth-order valence-corrected chi connectivity index (χ4v) is 2.37. The van der Waals surface area contributed by atoms with Gasteiger partial charge in [0, 0.05) is 6.07 Å². The first-order valence-corrected chi connectivity index (χ1v) is 7.61. The number of benzene rings is 2. The summed E-state index contributed by atoms with van der Waals surface area (Å²) < 4.78 is 21.0. The molecule has 0 unspecified atom stereocenters. The Morgan fingerprint density at radius 1 is 1.12 bits per heavy atom. The molecule has 3 aromatic rings. The molecule has 0 bridgehead atoms. The predicted octanol–water partition coefficient (Wildman–Crippen LogP) is 4.49. The van der Waals surface area contributed by atoms with E-state index in [0.29, 0.717) is 15.6 Å². The third kappa shape index (κ3) is 3.26. The molecule has 0 fully saturated rings. The van der Waals surface area contributed by atoms with E-state index in [2.05, 4.69) is 20.7 Å². The summed E-state index contributed by atoms with van der Waals surface area (Å²) in [6, 6.07) is 11.5. The van der Waals surface area contributed by atoms with Crippen molar-refractivity contribution in [3.63, 3.8) is 0 Å². The molecule has 0 aliphatic carbocycles. The Labute approximate surface area is 144 Å². The van der Waals surface area contributed by atoms with Crippen LogP contribution in [0.3, 0.4) is 0 Å². The van der Waals surface area contributed by atoms with E-state index >= 15 is 0 Å². The summed E-state index contributed by atoms with van der Waals surface area (Å²) in [5, 5.41) is 0.303. The van der Waals surface area contributed by atoms with Crippen molar-refractivity contribution in [2.45, 2.75) is 0 Å². The first kappa shape index (κ1) is 16.1. The van der Waals surface area contributed by atoms with Gasteiger partial charge in [0.2, 0.25) is 11.2 Å². The summed E-state index contributed by atoms with van der Waals surface area (Å²) in [4.78, 5) is 23.6. The maximum Gasteiger partial charge on any atom is 0.513 e. The molecule has 0 N–H and O–H groups in total. The van der Waals surface area contributed by atoms with Crippen LogP contribution in [-0.2, 0) is 4.74 Å². The molecular weight excluding hydrogens is 380 g/mol. The number of rotatable bonds is 3. The molecule has 1 heterocycles. The minimum Gasteiger partial charge on any atom is -0.460 e. The van der Waals surface area contributed by atoms with Gasteiger partial charge in [0.25, 0.3) is 0 Å². The van der Waals surface area contributed by atoms with E-state index in [0.717, 1.165) is 0 Å². The van der Waals surface area contributed by atoms with Crippen LogP contribution in [0.25, 0.3) is 11.0 Å². The van der Waals surface area contributed by atoms with Gasteiger partial charge in [-0.1, -0.05) is 12.1 Å². The lowest BCUT2D eigenvalue weighted by atomic mass is 10.2. The Balaban J connectivity index is 1.96.